The molecule has 1 aliphatic rings. The monoisotopic (exact) mass is 286 g/mol. The third-order valence-electron chi connectivity index (χ3n) is 2.86. The number of nitrogens with one attached hydrogen (secondary N) is 1. The summed E-state index contributed by atoms with van der Waals surface area (Å²) in [5.41, 5.74) is 0. The Morgan fingerprint density at radius 2 is 2.28 bits per heavy atom. The van der Waals surface area contributed by atoms with Crippen LogP contribution in [-0.2, 0) is 4.74 Å². The zero-order valence-corrected chi connectivity index (χ0v) is 11.4. The van der Waals surface area contributed by atoms with Crippen LogP contribution in [0.4, 0.5) is 0 Å². The molecule has 0 saturated heterocycles. The average molecular weight is 286 g/mol. The molecule has 1 aromatic heterocycles. The minimum Gasteiger partial charge on any atom is -0.509 e. The first-order chi connectivity index (χ1) is 8.52. The van der Waals surface area contributed by atoms with Gasteiger partial charge < -0.3 is 19.9 Å². The topological polar surface area (TPSA) is 70.4 Å². The number of rotatable bonds is 2. The number of hydrogen-bond acceptors (Lipinski definition) is 5. The molecule has 18 heavy (non-hydrogen) atoms. The fourth-order valence-corrected chi connectivity index (χ4v) is 2.43. The van der Waals surface area contributed by atoms with Gasteiger partial charge in [-0.25, -0.2) is 0 Å². The molecular weight excluding hydrogens is 272 g/mol. The van der Waals surface area contributed by atoms with Gasteiger partial charge in [0.2, 0.25) is 0 Å². The van der Waals surface area contributed by atoms with E-state index in [2.05, 4.69) is 4.98 Å². The van der Waals surface area contributed by atoms with Gasteiger partial charge in [-0.15, -0.1) is 0 Å². The maximum absolute atomic E-state index is 9.65. The van der Waals surface area contributed by atoms with Crippen LogP contribution in [0.5, 0.6) is 0 Å². The molecule has 98 valence electrons. The number of aromatic amines is 1. The van der Waals surface area contributed by atoms with Gasteiger partial charge in [0.15, 0.2) is 16.8 Å². The lowest BCUT2D eigenvalue weighted by Gasteiger charge is -2.32. The Morgan fingerprint density at radius 3 is 2.89 bits per heavy atom. The van der Waals surface area contributed by atoms with E-state index >= 15 is 0 Å². The smallest absolute Gasteiger partial charge is 0.181 e. The maximum atomic E-state index is 9.65. The molecule has 0 aliphatic carbocycles. The van der Waals surface area contributed by atoms with E-state index in [1.54, 1.807) is 16.8 Å². The van der Waals surface area contributed by atoms with Gasteiger partial charge in [-0.2, -0.15) is 0 Å². The molecule has 0 spiro atoms. The summed E-state index contributed by atoms with van der Waals surface area (Å²) in [6.07, 6.45) is 1.83. The van der Waals surface area contributed by atoms with E-state index in [4.69, 9.17) is 34.3 Å². The zero-order valence-electron chi connectivity index (χ0n) is 9.79. The lowest BCUT2D eigenvalue weighted by Crippen LogP contribution is -2.27. The van der Waals surface area contributed by atoms with Crippen LogP contribution >= 0.6 is 24.4 Å². The van der Waals surface area contributed by atoms with Crippen molar-refractivity contribution in [2.45, 2.75) is 19.6 Å². The number of hydrogen-bond donors (Lipinski definition) is 3. The van der Waals surface area contributed by atoms with Crippen LogP contribution in [0.3, 0.4) is 0 Å². The van der Waals surface area contributed by atoms with Crippen LogP contribution in [-0.4, -0.2) is 26.4 Å². The summed E-state index contributed by atoms with van der Waals surface area (Å²) >= 11 is 10.2. The van der Waals surface area contributed by atoms with Crippen LogP contribution < -0.4 is 0 Å². The van der Waals surface area contributed by atoms with Gasteiger partial charge in [0.25, 0.3) is 0 Å². The number of H-pyrrole nitrogens is 1. The molecule has 2 heterocycles. The third kappa shape index (κ3) is 2.47. The molecule has 0 fully saturated rings. The Balaban J connectivity index is 2.40. The lowest BCUT2D eigenvalue weighted by molar-refractivity contribution is -0.0338. The Labute approximate surface area is 114 Å². The molecule has 1 aliphatic heterocycles. The first kappa shape index (κ1) is 13.3. The van der Waals surface area contributed by atoms with Crippen molar-refractivity contribution in [1.29, 1.82) is 0 Å². The van der Waals surface area contributed by atoms with E-state index in [0.717, 1.165) is 0 Å². The minimum atomic E-state index is -0.359. The first-order valence-corrected chi connectivity index (χ1v) is 6.34. The van der Waals surface area contributed by atoms with Gasteiger partial charge in [-0.05, 0) is 18.3 Å². The molecular formula is C11H14N2O3S2. The largest absolute Gasteiger partial charge is 0.509 e. The van der Waals surface area contributed by atoms with E-state index in [1.807, 2.05) is 6.92 Å². The summed E-state index contributed by atoms with van der Waals surface area (Å²) in [5, 5.41) is 18.8. The molecule has 3 N–H and O–H groups in total. The molecule has 0 radical (unpaired) electrons. The average Bonchev–Trinajstić information content (AvgIpc) is 2.30. The van der Waals surface area contributed by atoms with E-state index < -0.39 is 0 Å². The number of nitrogens with zero attached hydrogens (tertiary/aromatic N) is 1. The van der Waals surface area contributed by atoms with E-state index in [-0.39, 0.29) is 30.3 Å². The molecule has 1 unspecified atom stereocenters. The number of aliphatic hydroxyl groups excluding tert-OH is 2. The Bertz CT molecular complexity index is 590. The number of aromatic nitrogens is 2. The standard InChI is InChI=1S/C11H14N2O3S2/c1-6-4-7(15)8(5-14)16-10(6)13-3-2-9(17)12-11(13)18/h2-3,6,10,14-15H,4-5H2,1H3,(H,12,17,18)/t6?,10-/m1/s1. The van der Waals surface area contributed by atoms with Gasteiger partial charge in [-0.3, -0.25) is 4.57 Å². The Morgan fingerprint density at radius 1 is 1.56 bits per heavy atom. The summed E-state index contributed by atoms with van der Waals surface area (Å²) in [5.74, 6) is 0.329. The van der Waals surface area contributed by atoms with Gasteiger partial charge in [0.05, 0.1) is 0 Å². The van der Waals surface area contributed by atoms with Crippen LogP contribution in [0.2, 0.25) is 0 Å². The molecule has 0 saturated carbocycles. The SMILES string of the molecule is CC1CC(O)=C(CO)O[C@H]1n1ccc(=S)[nH]c1=S. The lowest BCUT2D eigenvalue weighted by atomic mass is 10.0. The van der Waals surface area contributed by atoms with Crippen LogP contribution in [0.1, 0.15) is 19.6 Å². The molecule has 7 heteroatoms. The van der Waals surface area contributed by atoms with Crippen molar-refractivity contribution in [2.75, 3.05) is 6.61 Å². The van der Waals surface area contributed by atoms with Crippen molar-refractivity contribution >= 4 is 24.4 Å². The van der Waals surface area contributed by atoms with Crippen molar-refractivity contribution < 1.29 is 14.9 Å². The summed E-state index contributed by atoms with van der Waals surface area (Å²) in [6, 6.07) is 1.72. The first-order valence-electron chi connectivity index (χ1n) is 5.53. The van der Waals surface area contributed by atoms with Crippen molar-refractivity contribution in [2.24, 2.45) is 5.92 Å². The molecule has 2 rings (SSSR count). The number of allylic oxidation sites excluding steroid dienone is 1. The summed E-state index contributed by atoms with van der Waals surface area (Å²) in [6.45, 7) is 1.61. The van der Waals surface area contributed by atoms with E-state index in [0.29, 0.717) is 15.8 Å². The van der Waals surface area contributed by atoms with Gasteiger partial charge in [-0.1, -0.05) is 19.1 Å². The highest BCUT2D eigenvalue weighted by atomic mass is 32.1. The van der Waals surface area contributed by atoms with Crippen LogP contribution in [0, 0.1) is 15.3 Å². The highest BCUT2D eigenvalue weighted by Crippen LogP contribution is 2.33. The zero-order chi connectivity index (χ0) is 13.3. The predicted octanol–water partition coefficient (Wildman–Crippen LogP) is 2.59. The van der Waals surface area contributed by atoms with Crippen molar-refractivity contribution in [3.8, 4) is 0 Å². The third-order valence-corrected chi connectivity index (χ3v) is 3.41. The van der Waals surface area contributed by atoms with Gasteiger partial charge in [0.1, 0.15) is 17.0 Å². The maximum Gasteiger partial charge on any atom is 0.181 e. The molecule has 5 nitrogen and oxygen atoms in total. The molecule has 0 aromatic carbocycles. The van der Waals surface area contributed by atoms with E-state index in [9.17, 15) is 5.11 Å². The highest BCUT2D eigenvalue weighted by Gasteiger charge is 2.29. The second-order valence-corrected chi connectivity index (χ2v) is 5.06. The molecule has 2 atom stereocenters. The van der Waals surface area contributed by atoms with Crippen LogP contribution in [0.15, 0.2) is 23.8 Å². The fraction of sp³-hybridized carbons (Fsp3) is 0.455. The fourth-order valence-electron chi connectivity index (χ4n) is 1.94. The molecule has 0 bridgehead atoms. The Kier molecular flexibility index (Phi) is 3.84. The second kappa shape index (κ2) is 5.21. The highest BCUT2D eigenvalue weighted by molar-refractivity contribution is 7.72. The van der Waals surface area contributed by atoms with E-state index in [1.165, 1.54) is 0 Å². The van der Waals surface area contributed by atoms with Gasteiger partial charge in [0, 0.05) is 18.5 Å². The van der Waals surface area contributed by atoms with Crippen molar-refractivity contribution in [3.63, 3.8) is 0 Å². The number of ether oxygens (including phenoxy) is 1. The van der Waals surface area contributed by atoms with Gasteiger partial charge >= 0.3 is 0 Å². The quantitative estimate of drug-likeness (QED) is 0.729. The van der Waals surface area contributed by atoms with Crippen LogP contribution in [0.25, 0.3) is 0 Å². The minimum absolute atomic E-state index is 0.0383. The normalized spacial score (nSPS) is 23.9. The second-order valence-electron chi connectivity index (χ2n) is 4.24. The number of aliphatic hydroxyl groups is 2. The summed E-state index contributed by atoms with van der Waals surface area (Å²) < 4.78 is 8.34. The molecule has 0 amide bonds. The Hall–Kier alpha value is -1.18. The van der Waals surface area contributed by atoms with Crippen molar-refractivity contribution in [3.05, 3.63) is 33.2 Å². The predicted molar refractivity (Wildman–Crippen MR) is 71.1 cm³/mol. The summed E-state index contributed by atoms with van der Waals surface area (Å²) in [7, 11) is 0. The molecule has 1 aromatic rings. The van der Waals surface area contributed by atoms with Crippen molar-refractivity contribution in [1.82, 2.24) is 9.55 Å². The summed E-state index contributed by atoms with van der Waals surface area (Å²) in [4.78, 5) is 2.87.